The van der Waals surface area contributed by atoms with Crippen LogP contribution in [0.2, 0.25) is 0 Å². The second-order valence-electron chi connectivity index (χ2n) is 6.41. The molecule has 0 spiro atoms. The molecule has 0 saturated carbocycles. The molecule has 0 aromatic carbocycles. The Morgan fingerprint density at radius 2 is 2.00 bits per heavy atom. The zero-order valence-electron chi connectivity index (χ0n) is 13.0. The smallest absolute Gasteiger partial charge is 0.220 e. The van der Waals surface area contributed by atoms with Crippen molar-refractivity contribution in [3.05, 3.63) is 0 Å². The number of hydrogen-bond donors (Lipinski definition) is 2. The van der Waals surface area contributed by atoms with Gasteiger partial charge in [0.05, 0.1) is 0 Å². The van der Waals surface area contributed by atoms with Gasteiger partial charge in [0, 0.05) is 13.0 Å². The SMILES string of the molecule is CCN1CCC(CCNC(=O)CCC2CCNC2)CC1. The standard InChI is InChI=1S/C16H31N3O/c1-2-19-11-7-14(8-12-19)6-10-18-16(20)4-3-15-5-9-17-13-15/h14-15,17H,2-13H2,1H3,(H,18,20). The Morgan fingerprint density at radius 1 is 1.20 bits per heavy atom. The maximum Gasteiger partial charge on any atom is 0.220 e. The molecular weight excluding hydrogens is 250 g/mol. The van der Waals surface area contributed by atoms with Crippen molar-refractivity contribution in [2.45, 2.75) is 45.4 Å². The van der Waals surface area contributed by atoms with E-state index in [0.29, 0.717) is 6.42 Å². The van der Waals surface area contributed by atoms with Crippen LogP contribution >= 0.6 is 0 Å². The third-order valence-corrected chi connectivity index (χ3v) is 4.97. The van der Waals surface area contributed by atoms with E-state index in [0.717, 1.165) is 44.3 Å². The first-order valence-corrected chi connectivity index (χ1v) is 8.47. The van der Waals surface area contributed by atoms with Crippen molar-refractivity contribution in [3.8, 4) is 0 Å². The van der Waals surface area contributed by atoms with Crippen LogP contribution in [-0.2, 0) is 4.79 Å². The Kier molecular flexibility index (Phi) is 6.80. The molecule has 2 aliphatic rings. The van der Waals surface area contributed by atoms with E-state index in [2.05, 4.69) is 22.5 Å². The lowest BCUT2D eigenvalue weighted by molar-refractivity contribution is -0.121. The third-order valence-electron chi connectivity index (χ3n) is 4.97. The molecule has 2 saturated heterocycles. The summed E-state index contributed by atoms with van der Waals surface area (Å²) in [6, 6.07) is 0. The van der Waals surface area contributed by atoms with Crippen LogP contribution in [0, 0.1) is 11.8 Å². The van der Waals surface area contributed by atoms with Crippen LogP contribution in [0.3, 0.4) is 0 Å². The van der Waals surface area contributed by atoms with Gasteiger partial charge >= 0.3 is 0 Å². The summed E-state index contributed by atoms with van der Waals surface area (Å²) in [7, 11) is 0. The van der Waals surface area contributed by atoms with Gasteiger partial charge in [-0.05, 0) is 76.7 Å². The number of carbonyl (C=O) groups excluding carboxylic acids is 1. The van der Waals surface area contributed by atoms with Gasteiger partial charge in [0.2, 0.25) is 5.91 Å². The van der Waals surface area contributed by atoms with Crippen LogP contribution in [0.4, 0.5) is 0 Å². The summed E-state index contributed by atoms with van der Waals surface area (Å²) in [5.41, 5.74) is 0. The first-order valence-electron chi connectivity index (χ1n) is 8.47. The van der Waals surface area contributed by atoms with E-state index >= 15 is 0 Å². The fourth-order valence-electron chi connectivity index (χ4n) is 3.39. The van der Waals surface area contributed by atoms with Gasteiger partial charge in [0.15, 0.2) is 0 Å². The van der Waals surface area contributed by atoms with Crippen molar-refractivity contribution in [1.82, 2.24) is 15.5 Å². The number of rotatable bonds is 7. The van der Waals surface area contributed by atoms with E-state index < -0.39 is 0 Å². The number of hydrogen-bond acceptors (Lipinski definition) is 3. The van der Waals surface area contributed by atoms with Crippen LogP contribution < -0.4 is 10.6 Å². The number of carbonyl (C=O) groups is 1. The zero-order valence-corrected chi connectivity index (χ0v) is 13.0. The van der Waals surface area contributed by atoms with E-state index in [1.54, 1.807) is 0 Å². The predicted octanol–water partition coefficient (Wildman–Crippen LogP) is 1.61. The molecule has 2 aliphatic heterocycles. The Bertz CT molecular complexity index is 281. The normalized spacial score (nSPS) is 24.9. The quantitative estimate of drug-likeness (QED) is 0.745. The number of amides is 1. The van der Waals surface area contributed by atoms with E-state index in [1.807, 2.05) is 0 Å². The maximum atomic E-state index is 11.8. The highest BCUT2D eigenvalue weighted by atomic mass is 16.1. The number of likely N-dealkylation sites (tertiary alicyclic amines) is 1. The minimum absolute atomic E-state index is 0.253. The fraction of sp³-hybridized carbons (Fsp3) is 0.938. The second kappa shape index (κ2) is 8.63. The molecule has 4 nitrogen and oxygen atoms in total. The lowest BCUT2D eigenvalue weighted by Crippen LogP contribution is -2.35. The summed E-state index contributed by atoms with van der Waals surface area (Å²) in [6.45, 7) is 9.00. The lowest BCUT2D eigenvalue weighted by Gasteiger charge is -2.31. The first kappa shape index (κ1) is 15.8. The fourth-order valence-corrected chi connectivity index (χ4v) is 3.39. The largest absolute Gasteiger partial charge is 0.356 e. The summed E-state index contributed by atoms with van der Waals surface area (Å²) in [6.07, 6.45) is 6.76. The summed E-state index contributed by atoms with van der Waals surface area (Å²) >= 11 is 0. The Morgan fingerprint density at radius 3 is 2.65 bits per heavy atom. The molecule has 0 bridgehead atoms. The Balaban J connectivity index is 1.49. The average Bonchev–Trinajstić information content (AvgIpc) is 2.99. The molecule has 1 atom stereocenters. The third kappa shape index (κ3) is 5.41. The molecule has 2 heterocycles. The molecule has 1 amide bonds. The summed E-state index contributed by atoms with van der Waals surface area (Å²) in [4.78, 5) is 14.3. The van der Waals surface area contributed by atoms with Crippen molar-refractivity contribution < 1.29 is 4.79 Å². The van der Waals surface area contributed by atoms with Gasteiger partial charge in [0.1, 0.15) is 0 Å². The molecule has 2 rings (SSSR count). The van der Waals surface area contributed by atoms with Gasteiger partial charge in [-0.3, -0.25) is 4.79 Å². The van der Waals surface area contributed by atoms with Gasteiger partial charge in [-0.25, -0.2) is 0 Å². The molecular formula is C16H31N3O. The van der Waals surface area contributed by atoms with Gasteiger partial charge in [-0.1, -0.05) is 6.92 Å². The molecule has 4 heteroatoms. The second-order valence-corrected chi connectivity index (χ2v) is 6.41. The van der Waals surface area contributed by atoms with E-state index in [9.17, 15) is 4.79 Å². The Hall–Kier alpha value is -0.610. The number of piperidine rings is 1. The van der Waals surface area contributed by atoms with E-state index in [1.165, 1.54) is 38.9 Å². The highest BCUT2D eigenvalue weighted by Crippen LogP contribution is 2.19. The van der Waals surface area contributed by atoms with Crippen LogP contribution in [0.1, 0.15) is 45.4 Å². The van der Waals surface area contributed by atoms with Crippen molar-refractivity contribution in [3.63, 3.8) is 0 Å². The first-order chi connectivity index (χ1) is 9.78. The van der Waals surface area contributed by atoms with Crippen molar-refractivity contribution >= 4 is 5.91 Å². The highest BCUT2D eigenvalue weighted by Gasteiger charge is 2.18. The zero-order chi connectivity index (χ0) is 14.2. The van der Waals surface area contributed by atoms with Crippen LogP contribution in [-0.4, -0.2) is 50.1 Å². The molecule has 1 unspecified atom stereocenters. The lowest BCUT2D eigenvalue weighted by atomic mass is 9.93. The van der Waals surface area contributed by atoms with Crippen LogP contribution in [0.25, 0.3) is 0 Å². The predicted molar refractivity (Wildman–Crippen MR) is 82.7 cm³/mol. The van der Waals surface area contributed by atoms with Crippen molar-refractivity contribution in [2.75, 3.05) is 39.3 Å². The topological polar surface area (TPSA) is 44.4 Å². The van der Waals surface area contributed by atoms with Crippen molar-refractivity contribution in [2.24, 2.45) is 11.8 Å². The molecule has 20 heavy (non-hydrogen) atoms. The molecule has 0 aromatic heterocycles. The monoisotopic (exact) mass is 281 g/mol. The minimum Gasteiger partial charge on any atom is -0.356 e. The highest BCUT2D eigenvalue weighted by molar-refractivity contribution is 5.75. The molecule has 116 valence electrons. The maximum absolute atomic E-state index is 11.8. The molecule has 2 fully saturated rings. The summed E-state index contributed by atoms with van der Waals surface area (Å²) in [5, 5.41) is 6.46. The van der Waals surface area contributed by atoms with E-state index in [4.69, 9.17) is 0 Å². The van der Waals surface area contributed by atoms with E-state index in [-0.39, 0.29) is 5.91 Å². The Labute approximate surface area is 123 Å². The number of nitrogens with zero attached hydrogens (tertiary/aromatic N) is 1. The average molecular weight is 281 g/mol. The minimum atomic E-state index is 0.253. The van der Waals surface area contributed by atoms with Crippen LogP contribution in [0.5, 0.6) is 0 Å². The van der Waals surface area contributed by atoms with Gasteiger partial charge in [-0.15, -0.1) is 0 Å². The molecule has 0 aliphatic carbocycles. The summed E-state index contributed by atoms with van der Waals surface area (Å²) in [5.74, 6) is 1.79. The van der Waals surface area contributed by atoms with Crippen molar-refractivity contribution in [1.29, 1.82) is 0 Å². The molecule has 2 N–H and O–H groups in total. The van der Waals surface area contributed by atoms with Gasteiger partial charge < -0.3 is 15.5 Å². The summed E-state index contributed by atoms with van der Waals surface area (Å²) < 4.78 is 0. The molecule has 0 aromatic rings. The van der Waals surface area contributed by atoms with Gasteiger partial charge in [-0.2, -0.15) is 0 Å². The number of nitrogens with one attached hydrogen (secondary N) is 2. The van der Waals surface area contributed by atoms with Crippen LogP contribution in [0.15, 0.2) is 0 Å². The van der Waals surface area contributed by atoms with Gasteiger partial charge in [0.25, 0.3) is 0 Å². The molecule has 0 radical (unpaired) electrons.